The maximum Gasteiger partial charge on any atom is 0.0739 e. The van der Waals surface area contributed by atoms with Gasteiger partial charge in [0.05, 0.1) is 26.0 Å². The Morgan fingerprint density at radius 3 is 2.35 bits per heavy atom. The highest BCUT2D eigenvalue weighted by Gasteiger charge is 2.15. The van der Waals surface area contributed by atoms with E-state index >= 15 is 0 Å². The summed E-state index contributed by atoms with van der Waals surface area (Å²) in [5.74, 6) is 3.89. The van der Waals surface area contributed by atoms with Gasteiger partial charge in [0.25, 0.3) is 0 Å². The zero-order chi connectivity index (χ0) is 22.0. The van der Waals surface area contributed by atoms with Crippen molar-refractivity contribution in [2.24, 2.45) is 0 Å². The Bertz CT molecular complexity index is 1340. The Hall–Kier alpha value is -2.97. The molecule has 0 saturated carbocycles. The summed E-state index contributed by atoms with van der Waals surface area (Å²) in [4.78, 5) is 2.47. The zero-order valence-electron chi connectivity index (χ0n) is 16.8. The number of fused-ring (bicyclic) bond motifs is 1. The molecule has 5 nitrogen and oxygen atoms in total. The lowest BCUT2D eigenvalue weighted by Gasteiger charge is -2.23. The molecular weight excluding hydrogens is 428 g/mol. The van der Waals surface area contributed by atoms with Gasteiger partial charge in [0.15, 0.2) is 0 Å². The summed E-state index contributed by atoms with van der Waals surface area (Å²) in [5, 5.41) is 22.2. The van der Waals surface area contributed by atoms with Crippen molar-refractivity contribution < 1.29 is 9.42 Å². The molecule has 31 heavy (non-hydrogen) atoms. The fraction of sp³-hybridized carbons (Fsp3) is 0.0417. The van der Waals surface area contributed by atoms with E-state index in [9.17, 15) is 14.6 Å². The molecule has 0 radical (unpaired) electrons. The molecule has 2 N–H and O–H groups in total. The van der Waals surface area contributed by atoms with E-state index in [0.717, 1.165) is 26.1 Å². The number of anilines is 2. The average molecular weight is 450 g/mol. The average Bonchev–Trinajstić information content (AvgIpc) is 2.77. The summed E-state index contributed by atoms with van der Waals surface area (Å²) in [5.41, 5.74) is 1.81. The molecule has 0 spiro atoms. The molecule has 0 aromatic heterocycles. The number of aryl methyl sites for hydroxylation is 1. The first-order valence-corrected chi connectivity index (χ1v) is 12.1. The van der Waals surface area contributed by atoms with Crippen molar-refractivity contribution in [2.45, 2.75) is 21.6 Å². The predicted octanol–water partition coefficient (Wildman–Crippen LogP) is 6.10. The Morgan fingerprint density at radius 1 is 0.968 bits per heavy atom. The normalized spacial score (nSPS) is 13.0. The Labute approximate surface area is 186 Å². The van der Waals surface area contributed by atoms with Gasteiger partial charge in [-0.15, -0.1) is 0 Å². The second-order valence-electron chi connectivity index (χ2n) is 7.06. The van der Waals surface area contributed by atoms with Gasteiger partial charge >= 0.3 is 0 Å². The fourth-order valence-corrected chi connectivity index (χ4v) is 5.58. The van der Waals surface area contributed by atoms with Crippen molar-refractivity contribution in [3.8, 4) is 0 Å². The molecule has 0 aliphatic rings. The van der Waals surface area contributed by atoms with E-state index in [0.29, 0.717) is 10.6 Å². The molecule has 4 rings (SSSR count). The molecule has 1 unspecified atom stereocenters. The highest BCUT2D eigenvalue weighted by Crippen LogP contribution is 2.38. The molecule has 158 valence electrons. The number of nitrogens with one attached hydrogen (secondary N) is 1. The highest BCUT2D eigenvalue weighted by atomic mass is 32.2. The molecular formula is C24H21N2O3S2-. The van der Waals surface area contributed by atoms with E-state index in [1.54, 1.807) is 23.9 Å². The summed E-state index contributed by atoms with van der Waals surface area (Å²) in [6.45, 7) is 2.08. The second kappa shape index (κ2) is 8.64. The number of nitrogens with zero attached hydrogens (tertiary/aromatic N) is 1. The van der Waals surface area contributed by atoms with Gasteiger partial charge < -0.3 is 15.2 Å². The van der Waals surface area contributed by atoms with Gasteiger partial charge in [-0.3, -0.25) is 5.21 Å². The Kier molecular flexibility index (Phi) is 5.93. The molecule has 0 saturated heterocycles. The van der Waals surface area contributed by atoms with Crippen LogP contribution in [0.15, 0.2) is 99.6 Å². The third kappa shape index (κ3) is 4.55. The molecule has 0 aliphatic heterocycles. The lowest BCUT2D eigenvalue weighted by Crippen LogP contribution is -2.14. The van der Waals surface area contributed by atoms with Crippen molar-refractivity contribution in [3.63, 3.8) is 0 Å². The van der Waals surface area contributed by atoms with Crippen molar-refractivity contribution in [2.75, 3.05) is 9.95 Å². The quantitative estimate of drug-likeness (QED) is 0.275. The van der Waals surface area contributed by atoms with E-state index in [1.165, 1.54) is 12.1 Å². The van der Waals surface area contributed by atoms with Gasteiger partial charge in [0.1, 0.15) is 0 Å². The first-order valence-electron chi connectivity index (χ1n) is 9.51. The Morgan fingerprint density at radius 2 is 1.65 bits per heavy atom. The van der Waals surface area contributed by atoms with Crippen LogP contribution in [0.3, 0.4) is 0 Å². The van der Waals surface area contributed by atoms with Crippen LogP contribution in [0.2, 0.25) is 0 Å². The second-order valence-corrected chi connectivity index (χ2v) is 10.2. The number of benzene rings is 4. The molecule has 1 atom stereocenters. The van der Waals surface area contributed by atoms with E-state index in [-0.39, 0.29) is 10.9 Å². The highest BCUT2D eigenvalue weighted by molar-refractivity contribution is 8.01. The summed E-state index contributed by atoms with van der Waals surface area (Å²) >= 11 is 1.64. The number of rotatable bonds is 6. The van der Waals surface area contributed by atoms with Crippen LogP contribution in [0.25, 0.3) is 10.8 Å². The topological polar surface area (TPSA) is 75.6 Å². The first kappa shape index (κ1) is 21.3. The molecule has 0 fully saturated rings. The van der Waals surface area contributed by atoms with Crippen molar-refractivity contribution in [1.29, 1.82) is 0 Å². The minimum absolute atomic E-state index is 0.00948. The lowest BCUT2D eigenvalue weighted by atomic mass is 10.0. The van der Waals surface area contributed by atoms with Gasteiger partial charge in [0, 0.05) is 15.2 Å². The van der Waals surface area contributed by atoms with Crippen LogP contribution >= 0.6 is 11.8 Å². The van der Waals surface area contributed by atoms with Gasteiger partial charge in [-0.1, -0.05) is 60.3 Å². The molecule has 7 heteroatoms. The maximum absolute atomic E-state index is 13.5. The third-order valence-electron chi connectivity index (χ3n) is 4.93. The molecule has 0 amide bonds. The summed E-state index contributed by atoms with van der Waals surface area (Å²) in [6.07, 6.45) is 0. The first-order chi connectivity index (χ1) is 14.8. The minimum atomic E-state index is -3.00. The van der Waals surface area contributed by atoms with Gasteiger partial charge in [-0.2, -0.15) is 0 Å². The smallest absolute Gasteiger partial charge is 0.0739 e. The van der Waals surface area contributed by atoms with E-state index < -0.39 is 9.71 Å². The van der Waals surface area contributed by atoms with Crippen LogP contribution in [-0.2, 0) is 9.71 Å². The monoisotopic (exact) mass is 449 g/mol. The third-order valence-corrected chi connectivity index (χ3v) is 7.65. The van der Waals surface area contributed by atoms with Gasteiger partial charge in [0.2, 0.25) is 0 Å². The molecule has 0 bridgehead atoms. The van der Waals surface area contributed by atoms with E-state index in [2.05, 4.69) is 17.5 Å². The molecule has 0 heterocycles. The van der Waals surface area contributed by atoms with Crippen LogP contribution < -0.4 is 9.95 Å². The van der Waals surface area contributed by atoms with Crippen molar-refractivity contribution >= 4 is 49.5 Å². The number of hydrogen-bond donors (Lipinski definition) is 2. The lowest BCUT2D eigenvalue weighted by molar-refractivity contribution is 0.296. The molecule has 4 aromatic rings. The Balaban J connectivity index is 1.79. The van der Waals surface area contributed by atoms with E-state index in [1.807, 2.05) is 60.7 Å². The molecule has 0 aliphatic carbocycles. The summed E-state index contributed by atoms with van der Waals surface area (Å²) < 4.78 is 16.6. The van der Waals surface area contributed by atoms with Gasteiger partial charge in [-0.25, -0.2) is 4.21 Å². The van der Waals surface area contributed by atoms with Gasteiger partial charge in [-0.05, 0) is 60.1 Å². The summed E-state index contributed by atoms with van der Waals surface area (Å²) in [7, 11) is -3.00. The zero-order valence-corrected chi connectivity index (χ0v) is 18.5. The van der Waals surface area contributed by atoms with Crippen LogP contribution in [0.5, 0.6) is 0 Å². The number of hydrogen-bond acceptors (Lipinski definition) is 5. The van der Waals surface area contributed by atoms with Crippen LogP contribution in [-0.4, -0.2) is 15.3 Å². The SMILES string of the molecule is C=S(=O)(Nc1cc(Sc2ccccc2)c(C)c2ccccc12)c1cccc(N([O-])O)c1. The standard InChI is InChI=1S/C24H21N2O3S2/c1-17-21-13-6-7-14-22(21)23(16-24(17)30-19-10-4-3-5-11-19)25-31(2,29)20-12-8-9-18(15-20)26(27)28/h3-16,27H,2H2,1H3,(H,25,29)/q-1. The van der Waals surface area contributed by atoms with Crippen LogP contribution in [0, 0.1) is 12.1 Å². The van der Waals surface area contributed by atoms with Crippen molar-refractivity contribution in [1.82, 2.24) is 0 Å². The fourth-order valence-electron chi connectivity index (χ4n) is 3.34. The minimum Gasteiger partial charge on any atom is -0.733 e. The maximum atomic E-state index is 13.5. The van der Waals surface area contributed by atoms with Crippen LogP contribution in [0.4, 0.5) is 11.4 Å². The van der Waals surface area contributed by atoms with Crippen molar-refractivity contribution in [3.05, 3.63) is 95.7 Å². The molecule has 4 aromatic carbocycles. The summed E-state index contributed by atoms with van der Waals surface area (Å²) in [6, 6.07) is 25.9. The predicted molar refractivity (Wildman–Crippen MR) is 130 cm³/mol. The van der Waals surface area contributed by atoms with E-state index in [4.69, 9.17) is 0 Å². The largest absolute Gasteiger partial charge is 0.733 e. The van der Waals surface area contributed by atoms with Crippen LogP contribution in [0.1, 0.15) is 5.56 Å².